The molecule has 0 rings (SSSR count). The zero-order valence-corrected chi connectivity index (χ0v) is 9.75. The molecule has 1 N–H and O–H groups in total. The van der Waals surface area contributed by atoms with Crippen molar-refractivity contribution < 1.29 is 19.1 Å². The summed E-state index contributed by atoms with van der Waals surface area (Å²) in [6, 6.07) is 0. The van der Waals surface area contributed by atoms with Crippen LogP contribution in [0.15, 0.2) is 0 Å². The summed E-state index contributed by atoms with van der Waals surface area (Å²) >= 11 is 0. The number of hydrogen-bond acceptors (Lipinski definition) is 5. The Kier molecular flexibility index (Phi) is 11.4. The van der Waals surface area contributed by atoms with Gasteiger partial charge >= 0.3 is 11.9 Å². The number of carbonyl (C=O) groups excluding carboxylic acids is 2. The van der Waals surface area contributed by atoms with E-state index in [4.69, 9.17) is 5.41 Å². The number of nitrogens with one attached hydrogen (secondary N) is 1. The highest BCUT2D eigenvalue weighted by atomic mass is 16.5. The zero-order chi connectivity index (χ0) is 12.3. The number of esters is 2. The zero-order valence-electron chi connectivity index (χ0n) is 9.75. The Balaban J connectivity index is 0. The SMILES string of the molecule is CCOC(=O)C(C)=N.CCOC(=O)CC. The van der Waals surface area contributed by atoms with Crippen molar-refractivity contribution in [3.05, 3.63) is 0 Å². The van der Waals surface area contributed by atoms with Crippen LogP contribution in [0, 0.1) is 5.41 Å². The van der Waals surface area contributed by atoms with E-state index >= 15 is 0 Å². The molecule has 0 aromatic carbocycles. The largest absolute Gasteiger partial charge is 0.466 e. The van der Waals surface area contributed by atoms with Crippen molar-refractivity contribution in [2.75, 3.05) is 13.2 Å². The summed E-state index contributed by atoms with van der Waals surface area (Å²) in [4.78, 5) is 20.5. The van der Waals surface area contributed by atoms with Crippen LogP contribution in [0.3, 0.4) is 0 Å². The monoisotopic (exact) mass is 217 g/mol. The molecule has 0 aliphatic rings. The number of carbonyl (C=O) groups is 2. The molecular weight excluding hydrogens is 198 g/mol. The van der Waals surface area contributed by atoms with Crippen LogP contribution in [0.25, 0.3) is 0 Å². The summed E-state index contributed by atoms with van der Waals surface area (Å²) in [6.45, 7) is 7.52. The van der Waals surface area contributed by atoms with E-state index in [1.54, 1.807) is 20.8 Å². The third kappa shape index (κ3) is 12.6. The third-order valence-electron chi connectivity index (χ3n) is 1.18. The lowest BCUT2D eigenvalue weighted by atomic mass is 10.4. The summed E-state index contributed by atoms with van der Waals surface area (Å²) in [5.74, 6) is -0.657. The van der Waals surface area contributed by atoms with Crippen molar-refractivity contribution >= 4 is 17.7 Å². The molecule has 0 aromatic heterocycles. The van der Waals surface area contributed by atoms with Crippen LogP contribution < -0.4 is 0 Å². The van der Waals surface area contributed by atoms with Crippen LogP contribution in [0.4, 0.5) is 0 Å². The molecule has 15 heavy (non-hydrogen) atoms. The van der Waals surface area contributed by atoms with E-state index in [1.807, 2.05) is 0 Å². The van der Waals surface area contributed by atoms with Crippen molar-refractivity contribution in [1.82, 2.24) is 0 Å². The Morgan fingerprint density at radius 1 is 1.07 bits per heavy atom. The van der Waals surface area contributed by atoms with Gasteiger partial charge in [0.2, 0.25) is 0 Å². The highest BCUT2D eigenvalue weighted by Crippen LogP contribution is 1.80. The summed E-state index contributed by atoms with van der Waals surface area (Å²) in [5.41, 5.74) is -0.0492. The molecule has 0 saturated heterocycles. The van der Waals surface area contributed by atoms with Crippen LogP contribution in [0.1, 0.15) is 34.1 Å². The van der Waals surface area contributed by atoms with Gasteiger partial charge in [0.05, 0.1) is 13.2 Å². The van der Waals surface area contributed by atoms with E-state index in [2.05, 4.69) is 9.47 Å². The van der Waals surface area contributed by atoms with Gasteiger partial charge in [-0.25, -0.2) is 4.79 Å². The Hall–Kier alpha value is -1.39. The van der Waals surface area contributed by atoms with E-state index in [0.717, 1.165) is 0 Å². The second kappa shape index (κ2) is 10.7. The van der Waals surface area contributed by atoms with Crippen molar-refractivity contribution in [1.29, 1.82) is 5.41 Å². The van der Waals surface area contributed by atoms with Crippen LogP contribution in [0.5, 0.6) is 0 Å². The Morgan fingerprint density at radius 2 is 1.53 bits per heavy atom. The highest BCUT2D eigenvalue weighted by Gasteiger charge is 2.00. The van der Waals surface area contributed by atoms with Crippen molar-refractivity contribution in [3.63, 3.8) is 0 Å². The average molecular weight is 217 g/mol. The molecule has 5 nitrogen and oxygen atoms in total. The molecule has 0 aliphatic carbocycles. The van der Waals surface area contributed by atoms with E-state index in [1.165, 1.54) is 6.92 Å². The lowest BCUT2D eigenvalue weighted by Gasteiger charge is -1.95. The molecule has 0 aliphatic heterocycles. The van der Waals surface area contributed by atoms with Crippen molar-refractivity contribution in [2.24, 2.45) is 0 Å². The summed E-state index contributed by atoms with van der Waals surface area (Å²) < 4.78 is 8.99. The van der Waals surface area contributed by atoms with Gasteiger partial charge in [-0.3, -0.25) is 10.2 Å². The first kappa shape index (κ1) is 16.1. The topological polar surface area (TPSA) is 76.5 Å². The molecule has 0 saturated carbocycles. The van der Waals surface area contributed by atoms with Crippen LogP contribution in [-0.2, 0) is 19.1 Å². The second-order valence-electron chi connectivity index (χ2n) is 2.50. The molecule has 0 atom stereocenters. The molecular formula is C10H19NO4. The first-order chi connectivity index (χ1) is 6.99. The fourth-order valence-corrected chi connectivity index (χ4v) is 0.502. The molecule has 0 aromatic rings. The molecule has 0 bridgehead atoms. The standard InChI is InChI=1S/C5H9NO2.C5H10O2/c1-3-8-5(7)4(2)6;1-3-5(6)7-4-2/h6H,3H2,1-2H3;3-4H2,1-2H3. The van der Waals surface area contributed by atoms with Crippen LogP contribution >= 0.6 is 0 Å². The lowest BCUT2D eigenvalue weighted by Crippen LogP contribution is -2.12. The summed E-state index contributed by atoms with van der Waals surface area (Å²) in [7, 11) is 0. The van der Waals surface area contributed by atoms with Crippen molar-refractivity contribution in [3.8, 4) is 0 Å². The number of hydrogen-bond donors (Lipinski definition) is 1. The van der Waals surface area contributed by atoms with Gasteiger partial charge in [-0.05, 0) is 20.8 Å². The molecule has 5 heteroatoms. The average Bonchev–Trinajstić information content (AvgIpc) is 2.19. The molecule has 0 spiro atoms. The highest BCUT2D eigenvalue weighted by molar-refractivity contribution is 6.33. The first-order valence-corrected chi connectivity index (χ1v) is 4.87. The van der Waals surface area contributed by atoms with Gasteiger partial charge in [0.1, 0.15) is 5.71 Å². The van der Waals surface area contributed by atoms with Gasteiger partial charge in [0.25, 0.3) is 0 Å². The van der Waals surface area contributed by atoms with Crippen molar-refractivity contribution in [2.45, 2.75) is 34.1 Å². The molecule has 0 heterocycles. The van der Waals surface area contributed by atoms with Gasteiger partial charge in [0.15, 0.2) is 0 Å². The summed E-state index contributed by atoms with van der Waals surface area (Å²) in [5, 5.41) is 6.73. The third-order valence-corrected chi connectivity index (χ3v) is 1.18. The van der Waals surface area contributed by atoms with E-state index in [9.17, 15) is 9.59 Å². The normalized spacial score (nSPS) is 8.27. The second-order valence-corrected chi connectivity index (χ2v) is 2.50. The minimum Gasteiger partial charge on any atom is -0.466 e. The van der Waals surface area contributed by atoms with Crippen LogP contribution in [-0.4, -0.2) is 30.9 Å². The van der Waals surface area contributed by atoms with Gasteiger partial charge in [0, 0.05) is 6.42 Å². The van der Waals surface area contributed by atoms with Gasteiger partial charge in [-0.1, -0.05) is 6.92 Å². The maximum absolute atomic E-state index is 10.3. The molecule has 0 unspecified atom stereocenters. The summed E-state index contributed by atoms with van der Waals surface area (Å²) in [6.07, 6.45) is 0.480. The predicted octanol–water partition coefficient (Wildman–Crippen LogP) is 1.55. The quantitative estimate of drug-likeness (QED) is 0.572. The number of rotatable bonds is 4. The maximum Gasteiger partial charge on any atom is 0.351 e. The minimum atomic E-state index is -0.535. The van der Waals surface area contributed by atoms with Gasteiger partial charge in [-0.2, -0.15) is 0 Å². The lowest BCUT2D eigenvalue weighted by molar-refractivity contribution is -0.142. The fraction of sp³-hybridized carbons (Fsp3) is 0.700. The number of ether oxygens (including phenoxy) is 2. The Bertz CT molecular complexity index is 213. The Morgan fingerprint density at radius 3 is 1.67 bits per heavy atom. The fourth-order valence-electron chi connectivity index (χ4n) is 0.502. The molecule has 0 fully saturated rings. The van der Waals surface area contributed by atoms with E-state index < -0.39 is 5.97 Å². The van der Waals surface area contributed by atoms with Gasteiger partial charge < -0.3 is 9.47 Å². The maximum atomic E-state index is 10.3. The molecule has 0 radical (unpaired) electrons. The van der Waals surface area contributed by atoms with Gasteiger partial charge in [-0.15, -0.1) is 0 Å². The Labute approximate surface area is 90.3 Å². The minimum absolute atomic E-state index is 0.0492. The van der Waals surface area contributed by atoms with Crippen LogP contribution in [0.2, 0.25) is 0 Å². The molecule has 0 amide bonds. The predicted molar refractivity (Wildman–Crippen MR) is 57.0 cm³/mol. The van der Waals surface area contributed by atoms with E-state index in [0.29, 0.717) is 19.6 Å². The molecule has 88 valence electrons. The first-order valence-electron chi connectivity index (χ1n) is 4.87. The smallest absolute Gasteiger partial charge is 0.351 e. The van der Waals surface area contributed by atoms with E-state index in [-0.39, 0.29) is 11.7 Å².